The van der Waals surface area contributed by atoms with Gasteiger partial charge in [-0.2, -0.15) is 0 Å². The van der Waals surface area contributed by atoms with Crippen LogP contribution in [0.25, 0.3) is 0 Å². The summed E-state index contributed by atoms with van der Waals surface area (Å²) in [5.41, 5.74) is 1.73. The van der Waals surface area contributed by atoms with E-state index >= 15 is 0 Å². The summed E-state index contributed by atoms with van der Waals surface area (Å²) in [4.78, 5) is 33.3. The maximum absolute atomic E-state index is 13.1. The predicted molar refractivity (Wildman–Crippen MR) is 118 cm³/mol. The lowest BCUT2D eigenvalue weighted by molar-refractivity contribution is -0.138. The van der Waals surface area contributed by atoms with Crippen molar-refractivity contribution in [1.82, 2.24) is 9.97 Å². The van der Waals surface area contributed by atoms with Crippen LogP contribution >= 0.6 is 11.8 Å². The molecule has 30 heavy (non-hydrogen) atoms. The third-order valence-electron chi connectivity index (χ3n) is 4.56. The first-order valence-corrected chi connectivity index (χ1v) is 10.3. The summed E-state index contributed by atoms with van der Waals surface area (Å²) in [5, 5.41) is 3.58. The first kappa shape index (κ1) is 21.4. The lowest BCUT2D eigenvalue weighted by Gasteiger charge is -2.28. The maximum atomic E-state index is 13.1. The number of allylic oxidation sites excluding steroid dienone is 1. The summed E-state index contributed by atoms with van der Waals surface area (Å²) in [7, 11) is 1.58. The number of hydrogen-bond donors (Lipinski definition) is 2. The van der Waals surface area contributed by atoms with Gasteiger partial charge >= 0.3 is 5.97 Å². The Kier molecular flexibility index (Phi) is 6.79. The molecule has 8 heteroatoms. The lowest BCUT2D eigenvalue weighted by Crippen LogP contribution is -2.31. The monoisotopic (exact) mass is 425 g/mol. The Balaban J connectivity index is 2.16. The molecule has 2 aromatic rings. The predicted octanol–water partition coefficient (Wildman–Crippen LogP) is 3.62. The van der Waals surface area contributed by atoms with Crippen molar-refractivity contribution < 1.29 is 14.3 Å². The second-order valence-corrected chi connectivity index (χ2v) is 7.50. The van der Waals surface area contributed by atoms with Gasteiger partial charge in [0.2, 0.25) is 0 Å². The summed E-state index contributed by atoms with van der Waals surface area (Å²) < 4.78 is 10.5. The number of ether oxygens (including phenoxy) is 2. The summed E-state index contributed by atoms with van der Waals surface area (Å²) in [6.45, 7) is 9.11. The third kappa shape index (κ3) is 4.33. The molecular weight excluding hydrogens is 402 g/mol. The quantitative estimate of drug-likeness (QED) is 0.289. The first-order valence-electron chi connectivity index (χ1n) is 9.27. The highest BCUT2D eigenvalue weighted by Gasteiger charge is 2.36. The van der Waals surface area contributed by atoms with Crippen LogP contribution in [0.4, 0.5) is 5.82 Å². The molecule has 0 saturated heterocycles. The number of carbonyl (C=O) groups excluding carboxylic acids is 1. The number of rotatable bonds is 8. The minimum atomic E-state index is -0.640. The Hall–Kier alpha value is -3.26. The van der Waals surface area contributed by atoms with E-state index in [0.29, 0.717) is 39.3 Å². The van der Waals surface area contributed by atoms with Crippen molar-refractivity contribution in [3.05, 3.63) is 82.3 Å². The van der Waals surface area contributed by atoms with E-state index in [0.717, 1.165) is 5.56 Å². The number of methoxy groups -OCH3 is 1. The molecule has 1 aromatic carbocycles. The van der Waals surface area contributed by atoms with Crippen molar-refractivity contribution in [3.8, 4) is 5.75 Å². The van der Waals surface area contributed by atoms with E-state index < -0.39 is 11.9 Å². The molecule has 2 heterocycles. The standard InChI is InChI=1S/C22H23N3O4S/c1-5-11-29-21(27)16-13(3)23-19-18(20(26)25-22(24-19)30-12-6-2)17(16)14-7-9-15(28-4)10-8-14/h5-10,17H,1-2,11-12H2,3-4H3,(H2,23,24,25,26). The van der Waals surface area contributed by atoms with Crippen LogP contribution in [-0.4, -0.2) is 35.4 Å². The van der Waals surface area contributed by atoms with Crippen LogP contribution < -0.4 is 15.6 Å². The molecule has 0 radical (unpaired) electrons. The van der Waals surface area contributed by atoms with Crippen LogP contribution in [-0.2, 0) is 9.53 Å². The molecule has 1 aromatic heterocycles. The van der Waals surface area contributed by atoms with E-state index in [2.05, 4.69) is 28.4 Å². The smallest absolute Gasteiger partial charge is 0.337 e. The topological polar surface area (TPSA) is 93.3 Å². The number of nitrogens with zero attached hydrogens (tertiary/aromatic N) is 1. The van der Waals surface area contributed by atoms with Gasteiger partial charge in [0.25, 0.3) is 5.56 Å². The second kappa shape index (κ2) is 9.49. The normalized spacial score (nSPS) is 15.1. The number of fused-ring (bicyclic) bond motifs is 1. The van der Waals surface area contributed by atoms with E-state index in [-0.39, 0.29) is 12.2 Å². The van der Waals surface area contributed by atoms with E-state index in [9.17, 15) is 9.59 Å². The van der Waals surface area contributed by atoms with Crippen LogP contribution in [0.2, 0.25) is 0 Å². The Morgan fingerprint density at radius 2 is 2.00 bits per heavy atom. The lowest BCUT2D eigenvalue weighted by atomic mass is 9.82. The van der Waals surface area contributed by atoms with E-state index in [4.69, 9.17) is 9.47 Å². The summed E-state index contributed by atoms with van der Waals surface area (Å²) in [6, 6.07) is 7.23. The number of anilines is 1. The molecule has 0 saturated carbocycles. The molecular formula is C22H23N3O4S. The second-order valence-electron chi connectivity index (χ2n) is 6.49. The van der Waals surface area contributed by atoms with Crippen molar-refractivity contribution in [1.29, 1.82) is 0 Å². The third-order valence-corrected chi connectivity index (χ3v) is 5.43. The van der Waals surface area contributed by atoms with Crippen LogP contribution in [0.1, 0.15) is 24.0 Å². The van der Waals surface area contributed by atoms with Gasteiger partial charge < -0.3 is 19.8 Å². The van der Waals surface area contributed by atoms with Gasteiger partial charge in [-0.25, -0.2) is 9.78 Å². The van der Waals surface area contributed by atoms with Gasteiger partial charge in [0, 0.05) is 11.4 Å². The number of carbonyl (C=O) groups is 1. The van der Waals surface area contributed by atoms with Gasteiger partial charge in [-0.1, -0.05) is 42.6 Å². The number of thioether (sulfide) groups is 1. The Morgan fingerprint density at radius 1 is 1.27 bits per heavy atom. The molecule has 1 atom stereocenters. The van der Waals surface area contributed by atoms with Crippen molar-refractivity contribution >= 4 is 23.5 Å². The molecule has 0 bridgehead atoms. The zero-order chi connectivity index (χ0) is 21.7. The molecule has 0 amide bonds. The first-order chi connectivity index (χ1) is 14.5. The highest BCUT2D eigenvalue weighted by molar-refractivity contribution is 7.99. The summed E-state index contributed by atoms with van der Waals surface area (Å²) in [5.74, 6) is 0.545. The fraction of sp³-hybridized carbons (Fsp3) is 0.227. The number of H-pyrrole nitrogens is 1. The molecule has 1 aliphatic heterocycles. The highest BCUT2D eigenvalue weighted by atomic mass is 32.2. The van der Waals surface area contributed by atoms with Crippen molar-refractivity contribution in [2.24, 2.45) is 0 Å². The van der Waals surface area contributed by atoms with Gasteiger partial charge in [0.05, 0.1) is 24.2 Å². The molecule has 3 rings (SSSR count). The average Bonchev–Trinajstić information content (AvgIpc) is 2.75. The van der Waals surface area contributed by atoms with Gasteiger partial charge in [-0.15, -0.1) is 6.58 Å². The van der Waals surface area contributed by atoms with E-state index in [1.165, 1.54) is 17.8 Å². The molecule has 1 unspecified atom stereocenters. The minimum absolute atomic E-state index is 0.0730. The van der Waals surface area contributed by atoms with Crippen molar-refractivity contribution in [3.63, 3.8) is 0 Å². The zero-order valence-corrected chi connectivity index (χ0v) is 17.7. The maximum Gasteiger partial charge on any atom is 0.337 e. The Labute approximate surface area is 178 Å². The molecule has 156 valence electrons. The van der Waals surface area contributed by atoms with Crippen molar-refractivity contribution in [2.45, 2.75) is 18.0 Å². The number of nitrogens with one attached hydrogen (secondary N) is 2. The summed E-state index contributed by atoms with van der Waals surface area (Å²) in [6.07, 6.45) is 3.23. The molecule has 0 aliphatic carbocycles. The molecule has 7 nitrogen and oxygen atoms in total. The number of hydrogen-bond acceptors (Lipinski definition) is 7. The van der Waals surface area contributed by atoms with E-state index in [1.54, 1.807) is 32.2 Å². The van der Waals surface area contributed by atoms with Crippen LogP contribution in [0.15, 0.2) is 70.8 Å². The highest BCUT2D eigenvalue weighted by Crippen LogP contribution is 2.40. The minimum Gasteiger partial charge on any atom is -0.497 e. The fourth-order valence-electron chi connectivity index (χ4n) is 3.25. The van der Waals surface area contributed by atoms with Gasteiger partial charge in [-0.3, -0.25) is 4.79 Å². The van der Waals surface area contributed by atoms with Gasteiger partial charge in [0.15, 0.2) is 5.16 Å². The van der Waals surface area contributed by atoms with Crippen LogP contribution in [0.3, 0.4) is 0 Å². The number of aromatic amines is 1. The number of esters is 1. The van der Waals surface area contributed by atoms with Crippen LogP contribution in [0, 0.1) is 0 Å². The van der Waals surface area contributed by atoms with Gasteiger partial charge in [0.1, 0.15) is 18.2 Å². The largest absolute Gasteiger partial charge is 0.497 e. The average molecular weight is 426 g/mol. The van der Waals surface area contributed by atoms with Crippen molar-refractivity contribution in [2.75, 3.05) is 24.8 Å². The molecule has 0 fully saturated rings. The zero-order valence-electron chi connectivity index (χ0n) is 16.9. The Morgan fingerprint density at radius 3 is 2.63 bits per heavy atom. The molecule has 2 N–H and O–H groups in total. The number of aromatic nitrogens is 2. The SMILES string of the molecule is C=CCOC(=O)C1=C(C)Nc2nc(SCC=C)[nH]c(=O)c2C1c1ccc(OC)cc1. The molecule has 0 spiro atoms. The number of benzene rings is 1. The Bertz CT molecular complexity index is 1060. The van der Waals surface area contributed by atoms with Gasteiger partial charge in [-0.05, 0) is 24.6 Å². The summed E-state index contributed by atoms with van der Waals surface area (Å²) >= 11 is 1.37. The fourth-order valence-corrected chi connectivity index (χ4v) is 3.85. The molecule has 1 aliphatic rings. The van der Waals surface area contributed by atoms with E-state index in [1.807, 2.05) is 12.1 Å². The van der Waals surface area contributed by atoms with Crippen LogP contribution in [0.5, 0.6) is 5.75 Å².